The lowest BCUT2D eigenvalue weighted by molar-refractivity contribution is -0.384. The minimum absolute atomic E-state index is 0.000155. The summed E-state index contributed by atoms with van der Waals surface area (Å²) < 4.78 is 13.2. The molecule has 0 aromatic heterocycles. The number of nitrogens with one attached hydrogen (secondary N) is 1. The molecule has 2 aromatic carbocycles. The Labute approximate surface area is 143 Å². The lowest BCUT2D eigenvalue weighted by Gasteiger charge is -2.37. The number of hydrogen-bond donors (Lipinski definition) is 1. The second-order valence-corrected chi connectivity index (χ2v) is 6.58. The molecule has 1 aliphatic carbocycles. The molecule has 6 heteroatoms. The largest absolute Gasteiger partial charge is 0.376 e. The molecule has 1 N–H and O–H groups in total. The highest BCUT2D eigenvalue weighted by Gasteiger charge is 2.39. The van der Waals surface area contributed by atoms with Crippen LogP contribution in [0.1, 0.15) is 29.5 Å². The molecule has 24 heavy (non-hydrogen) atoms. The highest BCUT2D eigenvalue weighted by atomic mass is 35.5. The van der Waals surface area contributed by atoms with Gasteiger partial charge in [0.2, 0.25) is 0 Å². The van der Waals surface area contributed by atoms with Gasteiger partial charge in [0.15, 0.2) is 0 Å². The Kier molecular flexibility index (Phi) is 3.53. The highest BCUT2D eigenvalue weighted by molar-refractivity contribution is 6.33. The van der Waals surface area contributed by atoms with Crippen LogP contribution in [0.4, 0.5) is 15.8 Å². The van der Waals surface area contributed by atoms with Crippen LogP contribution in [-0.2, 0) is 0 Å². The molecule has 0 spiro atoms. The Bertz CT molecular complexity index is 851. The molecular weight excluding hydrogens is 331 g/mol. The molecule has 0 saturated heterocycles. The van der Waals surface area contributed by atoms with Gasteiger partial charge in [-0.15, -0.1) is 0 Å². The van der Waals surface area contributed by atoms with Gasteiger partial charge in [0, 0.05) is 18.1 Å². The molecule has 1 aliphatic heterocycles. The number of nitro groups is 1. The summed E-state index contributed by atoms with van der Waals surface area (Å²) in [4.78, 5) is 10.7. The van der Waals surface area contributed by atoms with E-state index in [1.54, 1.807) is 18.2 Å². The molecule has 0 amide bonds. The van der Waals surface area contributed by atoms with Gasteiger partial charge >= 0.3 is 0 Å². The molecular formula is C18H14ClFN2O2. The van der Waals surface area contributed by atoms with Crippen molar-refractivity contribution in [2.75, 3.05) is 5.32 Å². The van der Waals surface area contributed by atoms with Crippen molar-refractivity contribution >= 4 is 23.0 Å². The summed E-state index contributed by atoms with van der Waals surface area (Å²) in [6.45, 7) is 0. The van der Waals surface area contributed by atoms with Crippen LogP contribution in [0.2, 0.25) is 5.02 Å². The smallest absolute Gasteiger partial charge is 0.271 e. The van der Waals surface area contributed by atoms with Gasteiger partial charge < -0.3 is 5.32 Å². The summed E-state index contributed by atoms with van der Waals surface area (Å²) in [5.41, 5.74) is 2.56. The van der Waals surface area contributed by atoms with Crippen molar-refractivity contribution in [3.63, 3.8) is 0 Å². The molecule has 2 aromatic rings. The monoisotopic (exact) mass is 344 g/mol. The van der Waals surface area contributed by atoms with Crippen molar-refractivity contribution < 1.29 is 9.31 Å². The van der Waals surface area contributed by atoms with Gasteiger partial charge in [-0.05, 0) is 35.6 Å². The summed E-state index contributed by atoms with van der Waals surface area (Å²) >= 11 is 6.31. The van der Waals surface area contributed by atoms with Crippen molar-refractivity contribution in [2.24, 2.45) is 5.92 Å². The number of hydrogen-bond acceptors (Lipinski definition) is 3. The number of halogens is 2. The molecule has 0 fully saturated rings. The van der Waals surface area contributed by atoms with E-state index in [0.717, 1.165) is 23.2 Å². The average molecular weight is 345 g/mol. The van der Waals surface area contributed by atoms with Crippen LogP contribution < -0.4 is 5.32 Å². The second kappa shape index (κ2) is 5.60. The molecule has 1 heterocycles. The first kappa shape index (κ1) is 15.1. The van der Waals surface area contributed by atoms with Crippen LogP contribution in [-0.4, -0.2) is 4.92 Å². The maximum Gasteiger partial charge on any atom is 0.271 e. The van der Waals surface area contributed by atoms with Gasteiger partial charge in [0.25, 0.3) is 5.69 Å². The number of fused-ring (bicyclic) bond motifs is 3. The Morgan fingerprint density at radius 2 is 2.00 bits per heavy atom. The zero-order chi connectivity index (χ0) is 16.8. The number of non-ortho nitro benzene ring substituents is 1. The van der Waals surface area contributed by atoms with E-state index < -0.39 is 4.92 Å². The summed E-state index contributed by atoms with van der Waals surface area (Å²) in [7, 11) is 0. The molecule has 2 aliphatic rings. The lowest BCUT2D eigenvalue weighted by Crippen LogP contribution is -2.29. The molecule has 0 unspecified atom stereocenters. The van der Waals surface area contributed by atoms with Gasteiger partial charge in [0.05, 0.1) is 21.7 Å². The van der Waals surface area contributed by atoms with Crippen molar-refractivity contribution in [2.45, 2.75) is 18.4 Å². The van der Waals surface area contributed by atoms with Gasteiger partial charge in [-0.2, -0.15) is 0 Å². The van der Waals surface area contributed by atoms with Gasteiger partial charge in [-0.1, -0.05) is 35.9 Å². The number of nitro benzene ring substituents is 1. The Balaban J connectivity index is 1.82. The Morgan fingerprint density at radius 3 is 2.71 bits per heavy atom. The van der Waals surface area contributed by atoms with Crippen LogP contribution in [0.25, 0.3) is 0 Å². The topological polar surface area (TPSA) is 55.2 Å². The fourth-order valence-corrected chi connectivity index (χ4v) is 4.02. The van der Waals surface area contributed by atoms with Crippen LogP contribution in [0, 0.1) is 21.8 Å². The summed E-state index contributed by atoms with van der Waals surface area (Å²) in [5.74, 6) is 0.0134. The van der Waals surface area contributed by atoms with Crippen LogP contribution in [0.3, 0.4) is 0 Å². The van der Waals surface area contributed by atoms with Crippen molar-refractivity contribution in [1.82, 2.24) is 0 Å². The predicted molar refractivity (Wildman–Crippen MR) is 90.9 cm³/mol. The van der Waals surface area contributed by atoms with Crippen LogP contribution >= 0.6 is 11.6 Å². The van der Waals surface area contributed by atoms with E-state index in [1.807, 2.05) is 0 Å². The van der Waals surface area contributed by atoms with E-state index in [-0.39, 0.29) is 29.4 Å². The maximum absolute atomic E-state index is 13.2. The third kappa shape index (κ3) is 2.36. The summed E-state index contributed by atoms with van der Waals surface area (Å²) in [5, 5.41) is 14.9. The molecule has 3 atom stereocenters. The third-order valence-electron chi connectivity index (χ3n) is 4.85. The molecule has 4 rings (SSSR count). The zero-order valence-electron chi connectivity index (χ0n) is 12.6. The number of benzene rings is 2. The zero-order valence-corrected chi connectivity index (χ0v) is 13.3. The number of nitrogens with zero attached hydrogens (tertiary/aromatic N) is 1. The van der Waals surface area contributed by atoms with Gasteiger partial charge in [-0.3, -0.25) is 10.1 Å². The normalized spacial score (nSPS) is 24.2. The number of rotatable bonds is 2. The van der Waals surface area contributed by atoms with E-state index in [2.05, 4.69) is 17.5 Å². The predicted octanol–water partition coefficient (Wildman–Crippen LogP) is 5.21. The quantitative estimate of drug-likeness (QED) is 0.462. The minimum atomic E-state index is -0.425. The average Bonchev–Trinajstić information content (AvgIpc) is 3.05. The highest BCUT2D eigenvalue weighted by Crippen LogP contribution is 2.52. The van der Waals surface area contributed by atoms with Gasteiger partial charge in [0.1, 0.15) is 5.82 Å². The molecule has 0 bridgehead atoms. The van der Waals surface area contributed by atoms with Crippen molar-refractivity contribution in [3.05, 3.63) is 80.6 Å². The van der Waals surface area contributed by atoms with E-state index in [4.69, 9.17) is 11.6 Å². The number of anilines is 1. The lowest BCUT2D eigenvalue weighted by atomic mass is 9.77. The molecule has 4 nitrogen and oxygen atoms in total. The van der Waals surface area contributed by atoms with Crippen LogP contribution in [0.5, 0.6) is 0 Å². The SMILES string of the molecule is O=[N+]([O-])c1cc(Cl)c2c(c1)[C@@H]1C=CC[C@H]1[C@@H](c1ccc(F)cc1)N2. The van der Waals surface area contributed by atoms with E-state index in [1.165, 1.54) is 18.2 Å². The first-order valence-electron chi connectivity index (χ1n) is 7.71. The first-order valence-corrected chi connectivity index (χ1v) is 8.09. The van der Waals surface area contributed by atoms with Crippen molar-refractivity contribution in [3.8, 4) is 0 Å². The Morgan fingerprint density at radius 1 is 1.25 bits per heavy atom. The van der Waals surface area contributed by atoms with E-state index in [0.29, 0.717) is 5.02 Å². The first-order chi connectivity index (χ1) is 11.5. The number of allylic oxidation sites excluding steroid dienone is 2. The minimum Gasteiger partial charge on any atom is -0.376 e. The van der Waals surface area contributed by atoms with Gasteiger partial charge in [-0.25, -0.2) is 4.39 Å². The molecule has 122 valence electrons. The van der Waals surface area contributed by atoms with E-state index >= 15 is 0 Å². The molecule has 0 radical (unpaired) electrons. The standard InChI is InChI=1S/C18H14ClFN2O2/c19-16-9-12(22(23)24)8-15-13-2-1-3-14(13)17(21-18(15)16)10-4-6-11(20)7-5-10/h1-2,4-9,13-14,17,21H,3H2/t13-,14-,17-/m1/s1. The fraction of sp³-hybridized carbons (Fsp3) is 0.222. The molecule has 0 saturated carbocycles. The Hall–Kier alpha value is -2.40. The summed E-state index contributed by atoms with van der Waals surface area (Å²) in [6.07, 6.45) is 5.04. The maximum atomic E-state index is 13.2. The second-order valence-electron chi connectivity index (χ2n) is 6.18. The fourth-order valence-electron chi connectivity index (χ4n) is 3.75. The third-order valence-corrected chi connectivity index (χ3v) is 5.14. The summed E-state index contributed by atoms with van der Waals surface area (Å²) in [6, 6.07) is 9.38. The van der Waals surface area contributed by atoms with Crippen LogP contribution in [0.15, 0.2) is 48.6 Å². The van der Waals surface area contributed by atoms with E-state index in [9.17, 15) is 14.5 Å². The van der Waals surface area contributed by atoms with Crippen molar-refractivity contribution in [1.29, 1.82) is 0 Å².